The molecular formula is C22H14F6N4O. The van der Waals surface area contributed by atoms with Gasteiger partial charge in [-0.05, 0) is 48.5 Å². The number of nitrogens with one attached hydrogen (secondary N) is 1. The predicted octanol–water partition coefficient (Wildman–Crippen LogP) is 6.36. The number of hydrogen-bond donors (Lipinski definition) is 1. The lowest BCUT2D eigenvalue weighted by Gasteiger charge is -2.11. The lowest BCUT2D eigenvalue weighted by Crippen LogP contribution is -2.16. The molecule has 0 aliphatic carbocycles. The van der Waals surface area contributed by atoms with Gasteiger partial charge < -0.3 is 9.14 Å². The molecule has 0 amide bonds. The van der Waals surface area contributed by atoms with Crippen molar-refractivity contribution in [2.75, 3.05) is 5.43 Å². The van der Waals surface area contributed by atoms with E-state index in [4.69, 9.17) is 0 Å². The van der Waals surface area contributed by atoms with Gasteiger partial charge in [0.15, 0.2) is 0 Å². The topological polar surface area (TPSA) is 50.9 Å². The molecule has 0 fully saturated rings. The van der Waals surface area contributed by atoms with E-state index in [1.165, 1.54) is 48.7 Å². The van der Waals surface area contributed by atoms with Crippen LogP contribution in [0.25, 0.3) is 16.9 Å². The summed E-state index contributed by atoms with van der Waals surface area (Å²) < 4.78 is 81.6. The van der Waals surface area contributed by atoms with Crippen molar-refractivity contribution in [2.24, 2.45) is 5.10 Å². The molecule has 1 N–H and O–H groups in total. The average Bonchev–Trinajstić information content (AvgIpc) is 3.16. The lowest BCUT2D eigenvalue weighted by molar-refractivity contribution is -0.274. The molecule has 2 aromatic heterocycles. The van der Waals surface area contributed by atoms with Crippen molar-refractivity contribution in [1.82, 2.24) is 9.38 Å². The largest absolute Gasteiger partial charge is 0.573 e. The molecule has 4 aromatic rings. The summed E-state index contributed by atoms with van der Waals surface area (Å²) in [5.74, 6) is -0.340. The fraction of sp³-hybridized carbons (Fsp3) is 0.0909. The third-order valence-electron chi connectivity index (χ3n) is 4.49. The molecule has 4 rings (SSSR count). The molecule has 11 heteroatoms. The smallest absolute Gasteiger partial charge is 0.406 e. The Bertz CT molecular complexity index is 1290. The van der Waals surface area contributed by atoms with Gasteiger partial charge in [0.2, 0.25) is 0 Å². The maximum Gasteiger partial charge on any atom is 0.573 e. The zero-order chi connectivity index (χ0) is 23.6. The first-order valence-electron chi connectivity index (χ1n) is 9.39. The number of para-hydroxylation sites is 1. The highest BCUT2D eigenvalue weighted by Gasteiger charge is 2.33. The van der Waals surface area contributed by atoms with E-state index in [2.05, 4.69) is 20.2 Å². The van der Waals surface area contributed by atoms with Crippen LogP contribution in [0.15, 0.2) is 78.2 Å². The number of benzene rings is 2. The molecule has 0 saturated carbocycles. The Morgan fingerprint density at radius 2 is 1.61 bits per heavy atom. The van der Waals surface area contributed by atoms with E-state index in [1.54, 1.807) is 28.9 Å². The van der Waals surface area contributed by atoms with Gasteiger partial charge in [0, 0.05) is 23.5 Å². The number of hydrazone groups is 1. The van der Waals surface area contributed by atoms with Gasteiger partial charge in [0.1, 0.15) is 11.4 Å². The summed E-state index contributed by atoms with van der Waals surface area (Å²) >= 11 is 0. The highest BCUT2D eigenvalue weighted by atomic mass is 19.4. The van der Waals surface area contributed by atoms with Gasteiger partial charge in [-0.3, -0.25) is 5.43 Å². The highest BCUT2D eigenvalue weighted by Crippen LogP contribution is 2.34. The van der Waals surface area contributed by atoms with Crippen molar-refractivity contribution < 1.29 is 31.1 Å². The fourth-order valence-electron chi connectivity index (χ4n) is 3.06. The number of ether oxygens (including phenoxy) is 1. The van der Waals surface area contributed by atoms with Gasteiger partial charge in [-0.1, -0.05) is 12.1 Å². The fourth-order valence-corrected chi connectivity index (χ4v) is 3.06. The average molecular weight is 464 g/mol. The Morgan fingerprint density at radius 3 is 2.30 bits per heavy atom. The Morgan fingerprint density at radius 1 is 0.879 bits per heavy atom. The van der Waals surface area contributed by atoms with Crippen LogP contribution in [0, 0.1) is 0 Å². The van der Waals surface area contributed by atoms with Crippen LogP contribution in [0.4, 0.5) is 32.0 Å². The number of anilines is 1. The van der Waals surface area contributed by atoms with Crippen LogP contribution in [0.2, 0.25) is 0 Å². The number of halogens is 6. The molecule has 0 unspecified atom stereocenters. The normalized spacial score (nSPS) is 12.4. The second kappa shape index (κ2) is 8.49. The second-order valence-electron chi connectivity index (χ2n) is 6.84. The summed E-state index contributed by atoms with van der Waals surface area (Å²) in [6.45, 7) is 0. The van der Waals surface area contributed by atoms with Crippen LogP contribution in [0.3, 0.4) is 0 Å². The third-order valence-corrected chi connectivity index (χ3v) is 4.49. The van der Waals surface area contributed by atoms with Crippen LogP contribution >= 0.6 is 0 Å². The van der Waals surface area contributed by atoms with Gasteiger partial charge in [-0.2, -0.15) is 18.3 Å². The van der Waals surface area contributed by atoms with E-state index in [9.17, 15) is 26.3 Å². The van der Waals surface area contributed by atoms with Crippen LogP contribution in [0.1, 0.15) is 11.1 Å². The summed E-state index contributed by atoms with van der Waals surface area (Å²) in [7, 11) is 0. The Hall–Kier alpha value is -4.02. The van der Waals surface area contributed by atoms with Crippen molar-refractivity contribution >= 4 is 17.5 Å². The first-order valence-corrected chi connectivity index (χ1v) is 9.39. The van der Waals surface area contributed by atoms with Crippen molar-refractivity contribution in [1.29, 1.82) is 0 Å². The highest BCUT2D eigenvalue weighted by molar-refractivity contribution is 5.80. The summed E-state index contributed by atoms with van der Waals surface area (Å²) in [5.41, 5.74) is 3.63. The number of pyridine rings is 1. The molecule has 2 aromatic carbocycles. The maximum atomic E-state index is 13.1. The standard InChI is InChI=1S/C22H14F6N4O/c23-21(24,25)17-3-1-2-4-18(17)31-29-11-14-5-10-20-30-19(13-32(20)12-14)15-6-8-16(9-7-15)33-22(26,27)28/h1-13,31H/b29-11+. The van der Waals surface area contributed by atoms with E-state index in [-0.39, 0.29) is 11.4 Å². The number of nitrogens with zero attached hydrogens (tertiary/aromatic N) is 3. The minimum atomic E-state index is -4.77. The quantitative estimate of drug-likeness (QED) is 0.212. The number of aromatic nitrogens is 2. The van der Waals surface area contributed by atoms with Gasteiger partial charge >= 0.3 is 12.5 Å². The molecule has 5 nitrogen and oxygen atoms in total. The van der Waals surface area contributed by atoms with Crippen LogP contribution < -0.4 is 10.2 Å². The molecule has 0 aliphatic rings. The van der Waals surface area contributed by atoms with Crippen LogP contribution in [-0.4, -0.2) is 22.0 Å². The Balaban J connectivity index is 1.51. The SMILES string of the molecule is FC(F)(F)Oc1ccc(-c2cn3cc(/C=N/Nc4ccccc4C(F)(F)F)ccc3n2)cc1. The zero-order valence-electron chi connectivity index (χ0n) is 16.5. The summed E-state index contributed by atoms with van der Waals surface area (Å²) in [4.78, 5) is 4.41. The molecule has 0 saturated heterocycles. The van der Waals surface area contributed by atoms with Gasteiger partial charge in [-0.15, -0.1) is 13.2 Å². The van der Waals surface area contributed by atoms with E-state index in [0.29, 0.717) is 22.5 Å². The van der Waals surface area contributed by atoms with E-state index < -0.39 is 18.1 Å². The molecule has 0 aliphatic heterocycles. The maximum absolute atomic E-state index is 13.1. The first-order chi connectivity index (χ1) is 15.6. The van der Waals surface area contributed by atoms with Crippen LogP contribution in [-0.2, 0) is 6.18 Å². The minimum Gasteiger partial charge on any atom is -0.406 e. The third kappa shape index (κ3) is 5.43. The number of fused-ring (bicyclic) bond motifs is 1. The number of alkyl halides is 6. The summed E-state index contributed by atoms with van der Waals surface area (Å²) in [5, 5.41) is 3.88. The molecule has 0 spiro atoms. The molecular weight excluding hydrogens is 450 g/mol. The summed E-state index contributed by atoms with van der Waals surface area (Å²) in [6, 6.07) is 13.6. The lowest BCUT2D eigenvalue weighted by atomic mass is 10.2. The zero-order valence-corrected chi connectivity index (χ0v) is 16.5. The van der Waals surface area contributed by atoms with Gasteiger partial charge in [0.05, 0.1) is 23.2 Å². The van der Waals surface area contributed by atoms with E-state index in [1.807, 2.05) is 0 Å². The Kier molecular flexibility index (Phi) is 5.71. The Labute approximate surface area is 183 Å². The molecule has 33 heavy (non-hydrogen) atoms. The van der Waals surface area contributed by atoms with Gasteiger partial charge in [0.25, 0.3) is 0 Å². The molecule has 0 radical (unpaired) electrons. The van der Waals surface area contributed by atoms with Crippen molar-refractivity contribution in [3.8, 4) is 17.0 Å². The number of imidazole rings is 1. The predicted molar refractivity (Wildman–Crippen MR) is 110 cm³/mol. The summed E-state index contributed by atoms with van der Waals surface area (Å²) in [6.07, 6.45) is -4.60. The van der Waals surface area contributed by atoms with Crippen molar-refractivity contribution in [3.63, 3.8) is 0 Å². The monoisotopic (exact) mass is 464 g/mol. The minimum absolute atomic E-state index is 0.176. The van der Waals surface area contributed by atoms with Crippen LogP contribution in [0.5, 0.6) is 5.75 Å². The number of rotatable bonds is 5. The first kappa shape index (κ1) is 22.2. The molecule has 2 heterocycles. The van der Waals surface area contributed by atoms with Crippen molar-refractivity contribution in [3.05, 3.63) is 84.2 Å². The molecule has 0 bridgehead atoms. The second-order valence-corrected chi connectivity index (χ2v) is 6.84. The van der Waals surface area contributed by atoms with E-state index >= 15 is 0 Å². The number of hydrogen-bond acceptors (Lipinski definition) is 4. The molecule has 0 atom stereocenters. The van der Waals surface area contributed by atoms with Crippen molar-refractivity contribution in [2.45, 2.75) is 12.5 Å². The van der Waals surface area contributed by atoms with Gasteiger partial charge in [-0.25, -0.2) is 4.98 Å². The molecule has 170 valence electrons. The van der Waals surface area contributed by atoms with E-state index in [0.717, 1.165) is 6.07 Å².